The SMILES string of the molecule is CCc1nnc(NC(=O)c2ccc3c(c2)NC(=O)CCS3)s1. The van der Waals surface area contributed by atoms with Crippen molar-refractivity contribution in [2.45, 2.75) is 24.7 Å². The molecular formula is C14H14N4O2S2. The molecule has 0 spiro atoms. The van der Waals surface area contributed by atoms with Crippen LogP contribution in [0.1, 0.15) is 28.7 Å². The molecular weight excluding hydrogens is 320 g/mol. The zero-order chi connectivity index (χ0) is 15.5. The highest BCUT2D eigenvalue weighted by molar-refractivity contribution is 7.99. The van der Waals surface area contributed by atoms with Crippen LogP contribution in [0.3, 0.4) is 0 Å². The van der Waals surface area contributed by atoms with Crippen molar-refractivity contribution in [1.82, 2.24) is 10.2 Å². The van der Waals surface area contributed by atoms with Gasteiger partial charge in [0.05, 0.1) is 5.69 Å². The topological polar surface area (TPSA) is 84.0 Å². The summed E-state index contributed by atoms with van der Waals surface area (Å²) in [6.45, 7) is 1.99. The van der Waals surface area contributed by atoms with Crippen LogP contribution in [-0.4, -0.2) is 27.8 Å². The normalized spacial score (nSPS) is 14.0. The fraction of sp³-hybridized carbons (Fsp3) is 0.286. The molecule has 114 valence electrons. The quantitative estimate of drug-likeness (QED) is 0.902. The van der Waals surface area contributed by atoms with Crippen LogP contribution >= 0.6 is 23.1 Å². The monoisotopic (exact) mass is 334 g/mol. The molecule has 0 saturated heterocycles. The summed E-state index contributed by atoms with van der Waals surface area (Å²) in [5.74, 6) is 0.459. The van der Waals surface area contributed by atoms with Crippen molar-refractivity contribution in [1.29, 1.82) is 0 Å². The summed E-state index contributed by atoms with van der Waals surface area (Å²) in [5, 5.41) is 14.8. The zero-order valence-electron chi connectivity index (χ0n) is 11.9. The fourth-order valence-corrected chi connectivity index (χ4v) is 3.59. The molecule has 0 unspecified atom stereocenters. The number of thioether (sulfide) groups is 1. The Balaban J connectivity index is 1.79. The summed E-state index contributed by atoms with van der Waals surface area (Å²) >= 11 is 2.97. The van der Waals surface area contributed by atoms with E-state index in [1.165, 1.54) is 11.3 Å². The van der Waals surface area contributed by atoms with E-state index < -0.39 is 0 Å². The number of aryl methyl sites for hydroxylation is 1. The smallest absolute Gasteiger partial charge is 0.257 e. The van der Waals surface area contributed by atoms with Gasteiger partial charge in [0.15, 0.2) is 0 Å². The molecule has 0 fully saturated rings. The zero-order valence-corrected chi connectivity index (χ0v) is 13.5. The van der Waals surface area contributed by atoms with E-state index in [1.54, 1.807) is 23.9 Å². The van der Waals surface area contributed by atoms with Gasteiger partial charge in [-0.05, 0) is 24.6 Å². The van der Waals surface area contributed by atoms with Gasteiger partial charge in [0.25, 0.3) is 5.91 Å². The van der Waals surface area contributed by atoms with Crippen LogP contribution < -0.4 is 10.6 Å². The average molecular weight is 334 g/mol. The molecule has 2 heterocycles. The molecule has 1 aromatic carbocycles. The number of fused-ring (bicyclic) bond motifs is 1. The number of hydrogen-bond acceptors (Lipinski definition) is 6. The number of nitrogens with zero attached hydrogens (tertiary/aromatic N) is 2. The highest BCUT2D eigenvalue weighted by Gasteiger charge is 2.16. The van der Waals surface area contributed by atoms with Crippen LogP contribution in [0.15, 0.2) is 23.1 Å². The Bertz CT molecular complexity index is 729. The Morgan fingerprint density at radius 1 is 1.41 bits per heavy atom. The van der Waals surface area contributed by atoms with Crippen LogP contribution in [-0.2, 0) is 11.2 Å². The molecule has 1 aliphatic heterocycles. The second kappa shape index (κ2) is 6.45. The highest BCUT2D eigenvalue weighted by atomic mass is 32.2. The minimum Gasteiger partial charge on any atom is -0.325 e. The molecule has 2 aromatic rings. The molecule has 1 aromatic heterocycles. The van der Waals surface area contributed by atoms with Gasteiger partial charge in [0.2, 0.25) is 11.0 Å². The van der Waals surface area contributed by atoms with Gasteiger partial charge in [-0.1, -0.05) is 18.3 Å². The first-order valence-corrected chi connectivity index (χ1v) is 8.66. The lowest BCUT2D eigenvalue weighted by atomic mass is 10.2. The van der Waals surface area contributed by atoms with E-state index >= 15 is 0 Å². The number of carbonyl (C=O) groups is 2. The van der Waals surface area contributed by atoms with E-state index in [0.29, 0.717) is 22.8 Å². The predicted molar refractivity (Wildman–Crippen MR) is 87.7 cm³/mol. The van der Waals surface area contributed by atoms with Crippen molar-refractivity contribution in [3.05, 3.63) is 28.8 Å². The molecule has 0 bridgehead atoms. The predicted octanol–water partition coefficient (Wildman–Crippen LogP) is 2.79. The van der Waals surface area contributed by atoms with Crippen LogP contribution in [0.2, 0.25) is 0 Å². The third-order valence-electron chi connectivity index (χ3n) is 3.09. The van der Waals surface area contributed by atoms with Crippen LogP contribution in [0.4, 0.5) is 10.8 Å². The van der Waals surface area contributed by atoms with E-state index in [-0.39, 0.29) is 11.8 Å². The van der Waals surface area contributed by atoms with E-state index in [4.69, 9.17) is 0 Å². The van der Waals surface area contributed by atoms with Gasteiger partial charge in [-0.25, -0.2) is 0 Å². The first-order chi connectivity index (χ1) is 10.7. The molecule has 1 aliphatic rings. The summed E-state index contributed by atoms with van der Waals surface area (Å²) in [5.41, 5.74) is 1.17. The van der Waals surface area contributed by atoms with E-state index in [2.05, 4.69) is 20.8 Å². The van der Waals surface area contributed by atoms with Crippen LogP contribution in [0.25, 0.3) is 0 Å². The number of amides is 2. The van der Waals surface area contributed by atoms with Gasteiger partial charge < -0.3 is 5.32 Å². The molecule has 0 radical (unpaired) electrons. The third-order valence-corrected chi connectivity index (χ3v) is 5.15. The van der Waals surface area contributed by atoms with Crippen molar-refractivity contribution in [2.24, 2.45) is 0 Å². The van der Waals surface area contributed by atoms with Gasteiger partial charge in [-0.2, -0.15) is 0 Å². The van der Waals surface area contributed by atoms with Gasteiger partial charge in [0, 0.05) is 22.6 Å². The lowest BCUT2D eigenvalue weighted by Crippen LogP contribution is -2.14. The van der Waals surface area contributed by atoms with Crippen molar-refractivity contribution in [2.75, 3.05) is 16.4 Å². The Labute approximate surface area is 135 Å². The maximum Gasteiger partial charge on any atom is 0.257 e. The number of benzene rings is 1. The van der Waals surface area contributed by atoms with Crippen LogP contribution in [0.5, 0.6) is 0 Å². The first-order valence-electron chi connectivity index (χ1n) is 6.86. The molecule has 2 amide bonds. The van der Waals surface area contributed by atoms with Gasteiger partial charge in [-0.3, -0.25) is 14.9 Å². The largest absolute Gasteiger partial charge is 0.325 e. The molecule has 22 heavy (non-hydrogen) atoms. The van der Waals surface area contributed by atoms with Gasteiger partial charge in [-0.15, -0.1) is 22.0 Å². The average Bonchev–Trinajstić information content (AvgIpc) is 2.87. The van der Waals surface area contributed by atoms with Crippen molar-refractivity contribution in [3.63, 3.8) is 0 Å². The molecule has 0 saturated carbocycles. The Hall–Kier alpha value is -1.93. The maximum absolute atomic E-state index is 12.3. The minimum atomic E-state index is -0.259. The summed E-state index contributed by atoms with van der Waals surface area (Å²) in [4.78, 5) is 24.9. The third kappa shape index (κ3) is 3.28. The maximum atomic E-state index is 12.3. The number of hydrogen-bond donors (Lipinski definition) is 2. The van der Waals surface area contributed by atoms with E-state index in [1.807, 2.05) is 13.0 Å². The van der Waals surface area contributed by atoms with Gasteiger partial charge >= 0.3 is 0 Å². The molecule has 2 N–H and O–H groups in total. The number of carbonyl (C=O) groups excluding carboxylic acids is 2. The highest BCUT2D eigenvalue weighted by Crippen LogP contribution is 2.31. The van der Waals surface area contributed by atoms with Crippen molar-refractivity contribution >= 4 is 45.7 Å². The molecule has 0 atom stereocenters. The molecule has 3 rings (SSSR count). The Morgan fingerprint density at radius 3 is 3.05 bits per heavy atom. The second-order valence-corrected chi connectivity index (χ2v) is 6.87. The Kier molecular flexibility index (Phi) is 4.39. The number of rotatable bonds is 3. The lowest BCUT2D eigenvalue weighted by molar-refractivity contribution is -0.115. The van der Waals surface area contributed by atoms with E-state index in [0.717, 1.165) is 22.1 Å². The summed E-state index contributed by atoms with van der Waals surface area (Å²) in [6.07, 6.45) is 1.26. The lowest BCUT2D eigenvalue weighted by Gasteiger charge is -2.08. The Morgan fingerprint density at radius 2 is 2.27 bits per heavy atom. The second-order valence-electron chi connectivity index (χ2n) is 4.67. The standard InChI is InChI=1S/C14H14N4O2S2/c1-2-12-17-18-14(22-12)16-13(20)8-3-4-10-9(7-8)15-11(19)5-6-21-10/h3-4,7H,2,5-6H2,1H3,(H,15,19)(H,16,18,20). The van der Waals surface area contributed by atoms with Gasteiger partial charge in [0.1, 0.15) is 5.01 Å². The first kappa shape index (κ1) is 15.0. The molecule has 0 aliphatic carbocycles. The fourth-order valence-electron chi connectivity index (χ4n) is 1.98. The molecule has 8 heteroatoms. The number of anilines is 2. The molecule has 6 nitrogen and oxygen atoms in total. The summed E-state index contributed by atoms with van der Waals surface area (Å²) in [6, 6.07) is 5.31. The van der Waals surface area contributed by atoms with E-state index in [9.17, 15) is 9.59 Å². The van der Waals surface area contributed by atoms with Crippen LogP contribution in [0, 0.1) is 0 Å². The van der Waals surface area contributed by atoms with Crippen molar-refractivity contribution in [3.8, 4) is 0 Å². The summed E-state index contributed by atoms with van der Waals surface area (Å²) in [7, 11) is 0. The number of nitrogens with one attached hydrogen (secondary N) is 2. The minimum absolute atomic E-state index is 0.0273. The van der Waals surface area contributed by atoms with Crippen molar-refractivity contribution < 1.29 is 9.59 Å². The summed E-state index contributed by atoms with van der Waals surface area (Å²) < 4.78 is 0. The number of aromatic nitrogens is 2.